The smallest absolute Gasteiger partial charge is 0.313 e. The lowest BCUT2D eigenvalue weighted by atomic mass is 10.1. The van der Waals surface area contributed by atoms with Crippen molar-refractivity contribution in [2.75, 3.05) is 6.54 Å². The zero-order valence-electron chi connectivity index (χ0n) is 10.2. The van der Waals surface area contributed by atoms with Crippen LogP contribution in [0.25, 0.3) is 0 Å². The number of hydrogen-bond donors (Lipinski definition) is 2. The van der Waals surface area contributed by atoms with E-state index >= 15 is 0 Å². The van der Waals surface area contributed by atoms with Gasteiger partial charge in [0.1, 0.15) is 0 Å². The Labute approximate surface area is 103 Å². The summed E-state index contributed by atoms with van der Waals surface area (Å²) in [5.74, 6) is -0.701. The second-order valence-corrected chi connectivity index (χ2v) is 6.14. The molecule has 0 aromatic heterocycles. The SMILES string of the molecule is CC(CNC1CCCCCC1)C(=O)S(=O)(=O)O. The van der Waals surface area contributed by atoms with Crippen LogP contribution in [-0.4, -0.2) is 30.7 Å². The Hall–Kier alpha value is -0.460. The fourth-order valence-corrected chi connectivity index (χ4v) is 2.76. The quantitative estimate of drug-likeness (QED) is 0.591. The summed E-state index contributed by atoms with van der Waals surface area (Å²) in [5.41, 5.74) is 0. The second-order valence-electron chi connectivity index (χ2n) is 4.79. The predicted molar refractivity (Wildman–Crippen MR) is 65.2 cm³/mol. The maximum atomic E-state index is 11.2. The molecule has 1 unspecified atom stereocenters. The third kappa shape index (κ3) is 5.14. The Morgan fingerprint density at radius 1 is 1.29 bits per heavy atom. The van der Waals surface area contributed by atoms with Crippen LogP contribution in [0.5, 0.6) is 0 Å². The van der Waals surface area contributed by atoms with Gasteiger partial charge >= 0.3 is 10.1 Å². The highest BCUT2D eigenvalue weighted by atomic mass is 32.2. The zero-order valence-corrected chi connectivity index (χ0v) is 11.0. The van der Waals surface area contributed by atoms with Crippen LogP contribution < -0.4 is 5.32 Å². The minimum Gasteiger partial charge on any atom is -0.313 e. The van der Waals surface area contributed by atoms with Gasteiger partial charge in [0.2, 0.25) is 0 Å². The number of rotatable bonds is 4. The van der Waals surface area contributed by atoms with Gasteiger partial charge < -0.3 is 5.32 Å². The van der Waals surface area contributed by atoms with Gasteiger partial charge in [0, 0.05) is 18.5 Å². The second kappa shape index (κ2) is 6.47. The molecule has 100 valence electrons. The predicted octanol–water partition coefficient (Wildman–Crippen LogP) is 1.35. The van der Waals surface area contributed by atoms with Crippen molar-refractivity contribution in [2.24, 2.45) is 5.92 Å². The monoisotopic (exact) mass is 263 g/mol. The maximum Gasteiger partial charge on any atom is 0.329 e. The normalized spacial score (nSPS) is 20.8. The fourth-order valence-electron chi connectivity index (χ4n) is 2.16. The van der Waals surface area contributed by atoms with Crippen molar-refractivity contribution >= 4 is 15.2 Å². The van der Waals surface area contributed by atoms with Crippen LogP contribution in [0.2, 0.25) is 0 Å². The largest absolute Gasteiger partial charge is 0.329 e. The standard InChI is InChI=1S/C11H21NO4S/c1-9(11(13)17(14,15)16)8-12-10-6-4-2-3-5-7-10/h9-10,12H,2-8H2,1H3,(H,14,15,16). The average Bonchev–Trinajstić information content (AvgIpc) is 2.51. The van der Waals surface area contributed by atoms with Crippen LogP contribution in [0.1, 0.15) is 45.4 Å². The van der Waals surface area contributed by atoms with E-state index in [1.165, 1.54) is 32.6 Å². The first kappa shape index (κ1) is 14.6. The summed E-state index contributed by atoms with van der Waals surface area (Å²) in [6, 6.07) is 0.370. The summed E-state index contributed by atoms with van der Waals surface area (Å²) in [7, 11) is -4.54. The first-order valence-corrected chi connectivity index (χ1v) is 7.60. The Morgan fingerprint density at radius 2 is 1.82 bits per heavy atom. The van der Waals surface area contributed by atoms with Crippen molar-refractivity contribution in [3.63, 3.8) is 0 Å². The molecule has 6 heteroatoms. The maximum absolute atomic E-state index is 11.2. The van der Waals surface area contributed by atoms with Gasteiger partial charge in [-0.2, -0.15) is 8.42 Å². The van der Waals surface area contributed by atoms with Crippen LogP contribution in [0.15, 0.2) is 0 Å². The van der Waals surface area contributed by atoms with Crippen molar-refractivity contribution in [1.82, 2.24) is 5.32 Å². The molecule has 0 aromatic carbocycles. The molecule has 0 aliphatic heterocycles. The molecule has 0 bridgehead atoms. The molecule has 0 saturated heterocycles. The minimum absolute atomic E-state index is 0.309. The Bertz CT molecular complexity index is 344. The third-order valence-corrected chi connectivity index (χ3v) is 4.14. The van der Waals surface area contributed by atoms with Gasteiger partial charge in [-0.15, -0.1) is 0 Å². The van der Waals surface area contributed by atoms with E-state index in [-0.39, 0.29) is 0 Å². The molecule has 0 heterocycles. The van der Waals surface area contributed by atoms with Crippen LogP contribution in [0.3, 0.4) is 0 Å². The third-order valence-electron chi connectivity index (χ3n) is 3.22. The lowest BCUT2D eigenvalue weighted by Crippen LogP contribution is -2.36. The first-order valence-electron chi connectivity index (χ1n) is 6.16. The Balaban J connectivity index is 2.36. The van der Waals surface area contributed by atoms with E-state index in [1.807, 2.05) is 0 Å². The highest BCUT2D eigenvalue weighted by Crippen LogP contribution is 2.17. The van der Waals surface area contributed by atoms with Crippen LogP contribution in [-0.2, 0) is 14.9 Å². The Kier molecular flexibility index (Phi) is 5.55. The highest BCUT2D eigenvalue weighted by Gasteiger charge is 2.26. The fraction of sp³-hybridized carbons (Fsp3) is 0.909. The molecule has 1 saturated carbocycles. The van der Waals surface area contributed by atoms with E-state index in [4.69, 9.17) is 4.55 Å². The molecule has 0 aromatic rings. The van der Waals surface area contributed by atoms with Crippen molar-refractivity contribution in [1.29, 1.82) is 0 Å². The molecule has 1 rings (SSSR count). The average molecular weight is 263 g/mol. The Morgan fingerprint density at radius 3 is 2.29 bits per heavy atom. The molecule has 0 amide bonds. The van der Waals surface area contributed by atoms with Crippen molar-refractivity contribution in [3.05, 3.63) is 0 Å². The molecule has 1 atom stereocenters. The molecule has 2 N–H and O–H groups in total. The van der Waals surface area contributed by atoms with Crippen molar-refractivity contribution in [3.8, 4) is 0 Å². The minimum atomic E-state index is -4.54. The number of hydrogen-bond acceptors (Lipinski definition) is 4. The summed E-state index contributed by atoms with van der Waals surface area (Å²) in [5, 5.41) is 2.12. The molecule has 1 aliphatic rings. The van der Waals surface area contributed by atoms with Crippen molar-refractivity contribution in [2.45, 2.75) is 51.5 Å². The van der Waals surface area contributed by atoms with Gasteiger partial charge in [0.15, 0.2) is 0 Å². The van der Waals surface area contributed by atoms with Gasteiger partial charge in [-0.05, 0) is 12.8 Å². The van der Waals surface area contributed by atoms with Crippen LogP contribution >= 0.6 is 0 Å². The topological polar surface area (TPSA) is 83.5 Å². The molecule has 1 fully saturated rings. The molecular formula is C11H21NO4S. The number of nitrogens with one attached hydrogen (secondary N) is 1. The van der Waals surface area contributed by atoms with Crippen LogP contribution in [0.4, 0.5) is 0 Å². The molecular weight excluding hydrogens is 242 g/mol. The van der Waals surface area contributed by atoms with E-state index in [1.54, 1.807) is 0 Å². The van der Waals surface area contributed by atoms with Crippen LogP contribution in [0, 0.1) is 5.92 Å². The van der Waals surface area contributed by atoms with Gasteiger partial charge in [0.25, 0.3) is 5.12 Å². The lowest BCUT2D eigenvalue weighted by molar-refractivity contribution is -0.115. The molecule has 0 spiro atoms. The molecule has 5 nitrogen and oxygen atoms in total. The summed E-state index contributed by atoms with van der Waals surface area (Å²) in [4.78, 5) is 11.2. The molecule has 1 aliphatic carbocycles. The van der Waals surface area contributed by atoms with Gasteiger partial charge in [-0.1, -0.05) is 32.6 Å². The van der Waals surface area contributed by atoms with Gasteiger partial charge in [0.05, 0.1) is 0 Å². The highest BCUT2D eigenvalue weighted by molar-refractivity contribution is 8.01. The van der Waals surface area contributed by atoms with Gasteiger partial charge in [-0.25, -0.2) is 0 Å². The lowest BCUT2D eigenvalue weighted by Gasteiger charge is -2.18. The van der Waals surface area contributed by atoms with E-state index < -0.39 is 21.2 Å². The number of carbonyl (C=O) groups excluding carboxylic acids is 1. The summed E-state index contributed by atoms with van der Waals surface area (Å²) in [6.45, 7) is 1.82. The molecule has 0 radical (unpaired) electrons. The number of carbonyl (C=O) groups is 1. The van der Waals surface area contributed by atoms with E-state index in [0.29, 0.717) is 12.6 Å². The summed E-state index contributed by atoms with van der Waals surface area (Å²) < 4.78 is 29.9. The van der Waals surface area contributed by atoms with Gasteiger partial charge in [-0.3, -0.25) is 9.35 Å². The first-order chi connectivity index (χ1) is 7.91. The van der Waals surface area contributed by atoms with E-state index in [9.17, 15) is 13.2 Å². The van der Waals surface area contributed by atoms with E-state index in [0.717, 1.165) is 12.8 Å². The van der Waals surface area contributed by atoms with Crippen molar-refractivity contribution < 1.29 is 17.8 Å². The summed E-state index contributed by atoms with van der Waals surface area (Å²) in [6.07, 6.45) is 7.01. The molecule has 17 heavy (non-hydrogen) atoms. The zero-order chi connectivity index (χ0) is 12.9. The summed E-state index contributed by atoms with van der Waals surface area (Å²) >= 11 is 0. The van der Waals surface area contributed by atoms with E-state index in [2.05, 4.69) is 5.32 Å².